The zero-order chi connectivity index (χ0) is 27.5. The van der Waals surface area contributed by atoms with Crippen molar-refractivity contribution in [2.45, 2.75) is 13.5 Å². The van der Waals surface area contributed by atoms with Gasteiger partial charge in [-0.1, -0.05) is 12.1 Å². The first-order valence-corrected chi connectivity index (χ1v) is 14.2. The number of fused-ring (bicyclic) bond motifs is 1. The Balaban J connectivity index is 1.17. The summed E-state index contributed by atoms with van der Waals surface area (Å²) < 4.78 is 7.07. The van der Waals surface area contributed by atoms with Crippen molar-refractivity contribution in [1.82, 2.24) is 24.8 Å². The molecular formula is C31H30N6O2S. The number of carbonyl (C=O) groups is 1. The quantitative estimate of drug-likeness (QED) is 0.272. The number of thiophene rings is 1. The second-order valence-electron chi connectivity index (χ2n) is 10.0. The number of rotatable bonds is 7. The average Bonchev–Trinajstić information content (AvgIpc) is 3.46. The molecule has 40 heavy (non-hydrogen) atoms. The Labute approximate surface area is 237 Å². The van der Waals surface area contributed by atoms with Crippen molar-refractivity contribution in [3.05, 3.63) is 95.1 Å². The second-order valence-corrected chi connectivity index (χ2v) is 10.9. The number of pyridine rings is 1. The Morgan fingerprint density at radius 2 is 1.82 bits per heavy atom. The van der Waals surface area contributed by atoms with Crippen LogP contribution < -0.4 is 10.1 Å². The summed E-state index contributed by atoms with van der Waals surface area (Å²) in [5, 5.41) is 5.00. The maximum absolute atomic E-state index is 13.2. The summed E-state index contributed by atoms with van der Waals surface area (Å²) in [4.78, 5) is 31.4. The third kappa shape index (κ3) is 5.86. The van der Waals surface area contributed by atoms with E-state index in [0.717, 1.165) is 54.2 Å². The van der Waals surface area contributed by atoms with E-state index in [9.17, 15) is 4.79 Å². The van der Waals surface area contributed by atoms with Crippen LogP contribution in [0.15, 0.2) is 78.4 Å². The number of amides is 1. The number of aryl methyl sites for hydroxylation is 1. The normalized spacial score (nSPS) is 14.3. The second kappa shape index (κ2) is 11.5. The van der Waals surface area contributed by atoms with Crippen LogP contribution in [0.1, 0.15) is 21.5 Å². The highest BCUT2D eigenvalue weighted by Crippen LogP contribution is 2.33. The summed E-state index contributed by atoms with van der Waals surface area (Å²) in [6.45, 7) is 7.36. The van der Waals surface area contributed by atoms with Crippen molar-refractivity contribution in [3.8, 4) is 23.0 Å². The van der Waals surface area contributed by atoms with Gasteiger partial charge < -0.3 is 15.0 Å². The van der Waals surface area contributed by atoms with Crippen LogP contribution >= 0.6 is 11.3 Å². The summed E-state index contributed by atoms with van der Waals surface area (Å²) >= 11 is 1.52. The highest BCUT2D eigenvalue weighted by molar-refractivity contribution is 7.17. The van der Waals surface area contributed by atoms with E-state index in [1.54, 1.807) is 24.5 Å². The fourth-order valence-corrected chi connectivity index (χ4v) is 5.51. The van der Waals surface area contributed by atoms with Gasteiger partial charge in [-0.2, -0.15) is 4.98 Å². The largest absolute Gasteiger partial charge is 0.437 e. The molecule has 8 nitrogen and oxygen atoms in total. The molecule has 0 bridgehead atoms. The first-order chi connectivity index (χ1) is 19.5. The van der Waals surface area contributed by atoms with Gasteiger partial charge in [0.05, 0.1) is 5.52 Å². The molecule has 5 aromatic rings. The monoisotopic (exact) mass is 550 g/mol. The summed E-state index contributed by atoms with van der Waals surface area (Å²) in [6, 6.07) is 19.0. The third-order valence-electron chi connectivity index (χ3n) is 7.11. The first kappa shape index (κ1) is 26.1. The number of carbonyl (C=O) groups excluding carboxylic acids is 1. The lowest BCUT2D eigenvalue weighted by Gasteiger charge is -2.32. The van der Waals surface area contributed by atoms with Crippen LogP contribution in [0, 0.1) is 6.92 Å². The minimum absolute atomic E-state index is 0.196. The van der Waals surface area contributed by atoms with Gasteiger partial charge in [-0.25, -0.2) is 4.98 Å². The standard InChI is InChI=1S/C31H30N6O2S/c1-21-18-25(7-6-24(21)20-37-15-13-36(2)14-16-37)33-30(38)23-4-3-5-26(19-23)39-31-28-27(10-17-40-28)34-29(35-31)22-8-11-32-12-9-22/h3-12,17-19H,13-16,20H2,1-2H3,(H,33,38). The van der Waals surface area contributed by atoms with Gasteiger partial charge in [-0.3, -0.25) is 14.7 Å². The van der Waals surface area contributed by atoms with Crippen LogP contribution in [0.2, 0.25) is 0 Å². The molecule has 0 unspecified atom stereocenters. The summed E-state index contributed by atoms with van der Waals surface area (Å²) in [5.74, 6) is 1.35. The van der Waals surface area contributed by atoms with E-state index >= 15 is 0 Å². The molecule has 1 fully saturated rings. The zero-order valence-corrected chi connectivity index (χ0v) is 23.3. The number of anilines is 1. The molecule has 1 saturated heterocycles. The molecule has 0 atom stereocenters. The van der Waals surface area contributed by atoms with E-state index in [1.807, 2.05) is 47.8 Å². The van der Waals surface area contributed by atoms with Crippen molar-refractivity contribution in [3.63, 3.8) is 0 Å². The van der Waals surface area contributed by atoms with Crippen molar-refractivity contribution in [1.29, 1.82) is 0 Å². The first-order valence-electron chi connectivity index (χ1n) is 13.3. The van der Waals surface area contributed by atoms with E-state index in [-0.39, 0.29) is 5.91 Å². The number of aromatic nitrogens is 3. The Morgan fingerprint density at radius 3 is 2.62 bits per heavy atom. The maximum Gasteiger partial charge on any atom is 0.255 e. The molecule has 0 spiro atoms. The molecule has 1 aliphatic rings. The van der Waals surface area contributed by atoms with Gasteiger partial charge in [0.2, 0.25) is 5.88 Å². The molecule has 0 radical (unpaired) electrons. The minimum Gasteiger partial charge on any atom is -0.437 e. The lowest BCUT2D eigenvalue weighted by atomic mass is 10.1. The van der Waals surface area contributed by atoms with Crippen LogP contribution in [-0.4, -0.2) is 63.9 Å². The molecule has 2 aromatic carbocycles. The molecule has 9 heteroatoms. The number of hydrogen-bond acceptors (Lipinski definition) is 8. The molecule has 4 heterocycles. The van der Waals surface area contributed by atoms with Gasteiger partial charge in [0.25, 0.3) is 5.91 Å². The Kier molecular flexibility index (Phi) is 7.50. The van der Waals surface area contributed by atoms with Gasteiger partial charge in [-0.15, -0.1) is 11.3 Å². The number of nitrogens with zero attached hydrogens (tertiary/aromatic N) is 5. The van der Waals surface area contributed by atoms with Crippen molar-refractivity contribution >= 4 is 33.1 Å². The molecule has 0 saturated carbocycles. The van der Waals surface area contributed by atoms with Gasteiger partial charge in [0, 0.05) is 61.9 Å². The highest BCUT2D eigenvalue weighted by atomic mass is 32.1. The van der Waals surface area contributed by atoms with Crippen molar-refractivity contribution < 1.29 is 9.53 Å². The lowest BCUT2D eigenvalue weighted by molar-refractivity contribution is 0.102. The zero-order valence-electron chi connectivity index (χ0n) is 22.5. The van der Waals surface area contributed by atoms with Gasteiger partial charge in [0.15, 0.2) is 5.82 Å². The van der Waals surface area contributed by atoms with Gasteiger partial charge in [0.1, 0.15) is 10.4 Å². The molecule has 1 N–H and O–H groups in total. The van der Waals surface area contributed by atoms with E-state index in [2.05, 4.69) is 50.1 Å². The summed E-state index contributed by atoms with van der Waals surface area (Å²) in [7, 11) is 2.17. The fraction of sp³-hybridized carbons (Fsp3) is 0.226. The maximum atomic E-state index is 13.2. The molecular weight excluding hydrogens is 520 g/mol. The lowest BCUT2D eigenvalue weighted by Crippen LogP contribution is -2.43. The predicted molar refractivity (Wildman–Crippen MR) is 159 cm³/mol. The van der Waals surface area contributed by atoms with Crippen molar-refractivity contribution in [2.75, 3.05) is 38.5 Å². The van der Waals surface area contributed by atoms with Crippen LogP contribution in [0.4, 0.5) is 5.69 Å². The number of piperazine rings is 1. The predicted octanol–water partition coefficient (Wildman–Crippen LogP) is 5.85. The number of nitrogens with one attached hydrogen (secondary N) is 1. The average molecular weight is 551 g/mol. The Bertz CT molecular complexity index is 1650. The summed E-state index contributed by atoms with van der Waals surface area (Å²) in [5.41, 5.74) is 5.39. The highest BCUT2D eigenvalue weighted by Gasteiger charge is 2.16. The third-order valence-corrected chi connectivity index (χ3v) is 8.00. The van der Waals surface area contributed by atoms with Gasteiger partial charge in [-0.05, 0) is 79.0 Å². The topological polar surface area (TPSA) is 83.5 Å². The fourth-order valence-electron chi connectivity index (χ4n) is 4.75. The van der Waals surface area contributed by atoms with Crippen LogP contribution in [0.3, 0.4) is 0 Å². The molecule has 202 valence electrons. The summed E-state index contributed by atoms with van der Waals surface area (Å²) in [6.07, 6.45) is 3.42. The van der Waals surface area contributed by atoms with E-state index in [0.29, 0.717) is 23.0 Å². The smallest absolute Gasteiger partial charge is 0.255 e. The number of likely N-dealkylation sites (N-methyl/N-ethyl adjacent to an activating group) is 1. The molecule has 1 aliphatic heterocycles. The van der Waals surface area contributed by atoms with E-state index in [4.69, 9.17) is 4.74 Å². The van der Waals surface area contributed by atoms with Crippen molar-refractivity contribution in [2.24, 2.45) is 0 Å². The number of ether oxygens (including phenoxy) is 1. The number of benzene rings is 2. The molecule has 3 aromatic heterocycles. The molecule has 0 aliphatic carbocycles. The van der Waals surface area contributed by atoms with E-state index in [1.165, 1.54) is 22.5 Å². The Hall–Kier alpha value is -4.18. The molecule has 1 amide bonds. The van der Waals surface area contributed by atoms with Crippen LogP contribution in [-0.2, 0) is 6.54 Å². The molecule has 6 rings (SSSR count). The minimum atomic E-state index is -0.196. The SMILES string of the molecule is Cc1cc(NC(=O)c2cccc(Oc3nc(-c4ccncc4)nc4ccsc34)c2)ccc1CN1CCN(C)CC1. The van der Waals surface area contributed by atoms with Gasteiger partial charge >= 0.3 is 0 Å². The van der Waals surface area contributed by atoms with Crippen LogP contribution in [0.5, 0.6) is 11.6 Å². The van der Waals surface area contributed by atoms with Crippen LogP contribution in [0.25, 0.3) is 21.6 Å². The van der Waals surface area contributed by atoms with E-state index < -0.39 is 0 Å². The Morgan fingerprint density at radius 1 is 1.00 bits per heavy atom. The number of hydrogen-bond donors (Lipinski definition) is 1.